The number of nitrogens with zero attached hydrogens (tertiary/aromatic N) is 1. The van der Waals surface area contributed by atoms with Crippen LogP contribution in [0.1, 0.15) is 21.5 Å². The van der Waals surface area contributed by atoms with Crippen LogP contribution < -0.4 is 10.2 Å². The molecule has 148 valence electrons. The maximum Gasteiger partial charge on any atom is 0.275 e. The second kappa shape index (κ2) is 9.65. The number of hydrazone groups is 1. The summed E-state index contributed by atoms with van der Waals surface area (Å²) in [5, 5.41) is 15.1. The average Bonchev–Trinajstić information content (AvgIpc) is 2.69. The molecule has 3 rings (SSSR count). The lowest BCUT2D eigenvalue weighted by Gasteiger charge is -2.10. The summed E-state index contributed by atoms with van der Waals surface area (Å²) in [7, 11) is 0. The summed E-state index contributed by atoms with van der Waals surface area (Å²) in [4.78, 5) is 12.2. The van der Waals surface area contributed by atoms with Gasteiger partial charge in [-0.15, -0.1) is 0 Å². The molecule has 3 aromatic rings. The largest absolute Gasteiger partial charge is 0.507 e. The van der Waals surface area contributed by atoms with E-state index < -0.39 is 5.91 Å². The molecule has 0 bridgehead atoms. The van der Waals surface area contributed by atoms with Crippen LogP contribution in [0.5, 0.6) is 11.5 Å². The minimum Gasteiger partial charge on any atom is -0.507 e. The number of hydrogen-bond donors (Lipinski definition) is 2. The third-order valence-electron chi connectivity index (χ3n) is 3.83. The summed E-state index contributed by atoms with van der Waals surface area (Å²) in [6.45, 7) is 0.297. The molecule has 0 unspecified atom stereocenters. The van der Waals surface area contributed by atoms with Crippen LogP contribution in [0.25, 0.3) is 0 Å². The summed E-state index contributed by atoms with van der Waals surface area (Å²) in [6, 6.07) is 16.5. The quantitative estimate of drug-likeness (QED) is 0.375. The van der Waals surface area contributed by atoms with Crippen LogP contribution in [-0.2, 0) is 6.61 Å². The highest BCUT2D eigenvalue weighted by Crippen LogP contribution is 2.24. The normalized spacial score (nSPS) is 10.9. The van der Waals surface area contributed by atoms with E-state index in [0.717, 1.165) is 5.56 Å². The lowest BCUT2D eigenvalue weighted by atomic mass is 10.2. The Labute approximate surface area is 182 Å². The van der Waals surface area contributed by atoms with Crippen LogP contribution >= 0.6 is 34.8 Å². The van der Waals surface area contributed by atoms with E-state index in [2.05, 4.69) is 10.5 Å². The van der Waals surface area contributed by atoms with Crippen molar-refractivity contribution in [2.75, 3.05) is 0 Å². The van der Waals surface area contributed by atoms with Crippen molar-refractivity contribution >= 4 is 46.9 Å². The summed E-state index contributed by atoms with van der Waals surface area (Å²) < 4.78 is 5.83. The SMILES string of the molecule is O=C(NN=Cc1cc(Cl)ccc1OCc1cccc(Cl)c1)c1cc(Cl)ccc1O. The van der Waals surface area contributed by atoms with Crippen molar-refractivity contribution in [1.82, 2.24) is 5.43 Å². The van der Waals surface area contributed by atoms with Gasteiger partial charge in [0.1, 0.15) is 18.1 Å². The minimum absolute atomic E-state index is 0.0122. The van der Waals surface area contributed by atoms with Crippen molar-refractivity contribution in [2.24, 2.45) is 5.10 Å². The minimum atomic E-state index is -0.607. The molecule has 0 aliphatic heterocycles. The van der Waals surface area contributed by atoms with Gasteiger partial charge in [0, 0.05) is 20.6 Å². The first kappa shape index (κ1) is 21.0. The van der Waals surface area contributed by atoms with Gasteiger partial charge >= 0.3 is 0 Å². The Morgan fingerprint density at radius 3 is 2.52 bits per heavy atom. The van der Waals surface area contributed by atoms with E-state index in [9.17, 15) is 9.90 Å². The number of aromatic hydroxyl groups is 1. The van der Waals surface area contributed by atoms with Gasteiger partial charge in [-0.2, -0.15) is 5.10 Å². The van der Waals surface area contributed by atoms with Gasteiger partial charge in [0.05, 0.1) is 11.8 Å². The lowest BCUT2D eigenvalue weighted by Crippen LogP contribution is -2.17. The molecule has 3 aromatic carbocycles. The summed E-state index contributed by atoms with van der Waals surface area (Å²) in [5.41, 5.74) is 3.82. The molecule has 0 spiro atoms. The molecule has 1 amide bonds. The summed E-state index contributed by atoms with van der Waals surface area (Å²) >= 11 is 17.9. The smallest absolute Gasteiger partial charge is 0.275 e. The second-order valence-electron chi connectivity index (χ2n) is 5.96. The monoisotopic (exact) mass is 448 g/mol. The van der Waals surface area contributed by atoms with Crippen LogP contribution in [0.3, 0.4) is 0 Å². The zero-order chi connectivity index (χ0) is 20.8. The van der Waals surface area contributed by atoms with Crippen molar-refractivity contribution in [3.05, 3.63) is 92.4 Å². The molecular formula is C21H15Cl3N2O3. The highest BCUT2D eigenvalue weighted by molar-refractivity contribution is 6.31. The van der Waals surface area contributed by atoms with E-state index in [-0.39, 0.29) is 11.3 Å². The number of ether oxygens (including phenoxy) is 1. The Morgan fingerprint density at radius 2 is 1.72 bits per heavy atom. The molecule has 8 heteroatoms. The molecular weight excluding hydrogens is 435 g/mol. The van der Waals surface area contributed by atoms with E-state index in [4.69, 9.17) is 39.5 Å². The predicted molar refractivity (Wildman–Crippen MR) is 115 cm³/mol. The topological polar surface area (TPSA) is 70.9 Å². The third-order valence-corrected chi connectivity index (χ3v) is 4.53. The second-order valence-corrected chi connectivity index (χ2v) is 7.27. The van der Waals surface area contributed by atoms with Gasteiger partial charge in [-0.05, 0) is 54.1 Å². The molecule has 0 saturated carbocycles. The molecule has 0 radical (unpaired) electrons. The first-order chi connectivity index (χ1) is 13.9. The fraction of sp³-hybridized carbons (Fsp3) is 0.0476. The van der Waals surface area contributed by atoms with Gasteiger partial charge in [0.25, 0.3) is 5.91 Å². The summed E-state index contributed by atoms with van der Waals surface area (Å²) in [5.74, 6) is -0.280. The molecule has 5 nitrogen and oxygen atoms in total. The number of phenols is 1. The van der Waals surface area contributed by atoms with Crippen molar-refractivity contribution in [3.8, 4) is 11.5 Å². The van der Waals surface area contributed by atoms with E-state index in [1.807, 2.05) is 18.2 Å². The maximum absolute atomic E-state index is 12.2. The molecule has 0 aromatic heterocycles. The van der Waals surface area contributed by atoms with Crippen molar-refractivity contribution in [2.45, 2.75) is 6.61 Å². The highest BCUT2D eigenvalue weighted by Gasteiger charge is 2.11. The Bertz CT molecular complexity index is 1070. The predicted octanol–water partition coefficient (Wildman–Crippen LogP) is 5.70. The molecule has 0 heterocycles. The standard InChI is InChI=1S/C21H15Cl3N2O3/c22-15-3-1-2-13(8-15)12-29-20-7-5-16(23)9-14(20)11-25-26-21(28)18-10-17(24)4-6-19(18)27/h1-11,27H,12H2,(H,26,28). The molecule has 0 saturated heterocycles. The van der Waals surface area contributed by atoms with Gasteiger partial charge in [-0.1, -0.05) is 46.9 Å². The molecule has 0 aliphatic carbocycles. The maximum atomic E-state index is 12.2. The Balaban J connectivity index is 1.72. The Hall–Kier alpha value is -2.73. The van der Waals surface area contributed by atoms with Gasteiger partial charge in [-0.3, -0.25) is 4.79 Å². The first-order valence-corrected chi connectivity index (χ1v) is 9.54. The van der Waals surface area contributed by atoms with Gasteiger partial charge in [0.15, 0.2) is 0 Å². The lowest BCUT2D eigenvalue weighted by molar-refractivity contribution is 0.0952. The number of phenolic OH excluding ortho intramolecular Hbond substituents is 1. The zero-order valence-electron chi connectivity index (χ0n) is 14.9. The molecule has 2 N–H and O–H groups in total. The van der Waals surface area contributed by atoms with Crippen LogP contribution in [0.15, 0.2) is 65.8 Å². The van der Waals surface area contributed by atoms with Crippen LogP contribution in [0, 0.1) is 0 Å². The number of benzene rings is 3. The van der Waals surface area contributed by atoms with Crippen LogP contribution in [0.2, 0.25) is 15.1 Å². The number of nitrogens with one attached hydrogen (secondary N) is 1. The summed E-state index contributed by atoms with van der Waals surface area (Å²) in [6.07, 6.45) is 1.40. The highest BCUT2D eigenvalue weighted by atomic mass is 35.5. The van der Waals surface area contributed by atoms with E-state index in [1.165, 1.54) is 24.4 Å². The first-order valence-electron chi connectivity index (χ1n) is 8.41. The van der Waals surface area contributed by atoms with Crippen molar-refractivity contribution in [1.29, 1.82) is 0 Å². The van der Waals surface area contributed by atoms with Crippen molar-refractivity contribution in [3.63, 3.8) is 0 Å². The zero-order valence-corrected chi connectivity index (χ0v) is 17.2. The number of amides is 1. The van der Waals surface area contributed by atoms with Crippen LogP contribution in [-0.4, -0.2) is 17.2 Å². The fourth-order valence-electron chi connectivity index (χ4n) is 2.45. The number of carbonyl (C=O) groups is 1. The molecule has 29 heavy (non-hydrogen) atoms. The number of halogens is 3. The third kappa shape index (κ3) is 5.87. The van der Waals surface area contributed by atoms with E-state index >= 15 is 0 Å². The number of hydrogen-bond acceptors (Lipinski definition) is 4. The Morgan fingerprint density at radius 1 is 1.00 bits per heavy atom. The van der Waals surface area contributed by atoms with Gasteiger partial charge in [-0.25, -0.2) is 5.43 Å². The number of rotatable bonds is 6. The molecule has 0 fully saturated rings. The molecule has 0 aliphatic rings. The van der Waals surface area contributed by atoms with E-state index in [0.29, 0.717) is 33.0 Å². The van der Waals surface area contributed by atoms with E-state index in [1.54, 1.807) is 24.3 Å². The van der Waals surface area contributed by atoms with Gasteiger partial charge < -0.3 is 9.84 Å². The van der Waals surface area contributed by atoms with Crippen molar-refractivity contribution < 1.29 is 14.6 Å². The van der Waals surface area contributed by atoms with Gasteiger partial charge in [0.2, 0.25) is 0 Å². The number of carbonyl (C=O) groups excluding carboxylic acids is 1. The van der Waals surface area contributed by atoms with Crippen LogP contribution in [0.4, 0.5) is 0 Å². The molecule has 0 atom stereocenters. The fourth-order valence-corrected chi connectivity index (χ4v) is 3.02. The Kier molecular flexibility index (Phi) is 6.99. The average molecular weight is 450 g/mol.